The summed E-state index contributed by atoms with van der Waals surface area (Å²) in [5.41, 5.74) is 2.50. The van der Waals surface area contributed by atoms with E-state index in [0.29, 0.717) is 18.4 Å². The Hall–Kier alpha value is -2.57. The molecule has 2 aliphatic heterocycles. The predicted molar refractivity (Wildman–Crippen MR) is 93.9 cm³/mol. The van der Waals surface area contributed by atoms with Gasteiger partial charge >= 0.3 is 17.9 Å². The maximum Gasteiger partial charge on any atom is 0.337 e. The molecule has 0 amide bonds. The molecular formula is C20H24O7. The highest BCUT2D eigenvalue weighted by molar-refractivity contribution is 5.90. The van der Waals surface area contributed by atoms with Crippen molar-refractivity contribution in [3.63, 3.8) is 0 Å². The van der Waals surface area contributed by atoms with E-state index in [0.717, 1.165) is 11.1 Å². The van der Waals surface area contributed by atoms with E-state index in [9.17, 15) is 14.4 Å². The lowest BCUT2D eigenvalue weighted by atomic mass is 9.75. The molecule has 3 atom stereocenters. The van der Waals surface area contributed by atoms with Gasteiger partial charge in [0, 0.05) is 17.6 Å². The number of esters is 3. The van der Waals surface area contributed by atoms with E-state index >= 15 is 0 Å². The molecule has 3 aliphatic rings. The lowest BCUT2D eigenvalue weighted by molar-refractivity contribution is -0.157. The second-order valence-corrected chi connectivity index (χ2v) is 7.80. The van der Waals surface area contributed by atoms with Gasteiger partial charge in [-0.05, 0) is 31.3 Å². The van der Waals surface area contributed by atoms with E-state index in [1.807, 2.05) is 20.8 Å². The number of hydrogen-bond acceptors (Lipinski definition) is 7. The zero-order valence-electron chi connectivity index (χ0n) is 16.2. The summed E-state index contributed by atoms with van der Waals surface area (Å²) in [4.78, 5) is 36.0. The van der Waals surface area contributed by atoms with Crippen molar-refractivity contribution in [3.8, 4) is 0 Å². The molecule has 1 saturated heterocycles. The first-order valence-electron chi connectivity index (χ1n) is 8.87. The van der Waals surface area contributed by atoms with Gasteiger partial charge in [0.2, 0.25) is 0 Å². The topological polar surface area (TPSA) is 88.1 Å². The van der Waals surface area contributed by atoms with Crippen molar-refractivity contribution in [2.45, 2.75) is 52.9 Å². The molecule has 0 aromatic rings. The van der Waals surface area contributed by atoms with Gasteiger partial charge in [0.05, 0.1) is 25.4 Å². The zero-order chi connectivity index (χ0) is 19.9. The standard InChI is InChI=1S/C20H24O7/c1-10-6-12(17-16(10)20(3,4)8-14(21)26-17)13(19(23)24-5)9-25-15-7-11(2)18(22)27-15/h7,9,12,15,17H,6,8H2,1-5H3/b13-9+/t12-,15?,17-/m1/s1. The van der Waals surface area contributed by atoms with E-state index in [1.165, 1.54) is 19.4 Å². The molecule has 0 N–H and O–H groups in total. The third kappa shape index (κ3) is 3.50. The molecule has 0 aromatic heterocycles. The molecule has 27 heavy (non-hydrogen) atoms. The van der Waals surface area contributed by atoms with E-state index < -0.39 is 30.3 Å². The van der Waals surface area contributed by atoms with Gasteiger partial charge in [-0.15, -0.1) is 0 Å². The number of carbonyl (C=O) groups is 3. The van der Waals surface area contributed by atoms with Crippen LogP contribution in [0.3, 0.4) is 0 Å². The van der Waals surface area contributed by atoms with Gasteiger partial charge in [0.25, 0.3) is 6.29 Å². The Morgan fingerprint density at radius 3 is 2.56 bits per heavy atom. The van der Waals surface area contributed by atoms with Crippen molar-refractivity contribution in [1.29, 1.82) is 0 Å². The minimum absolute atomic E-state index is 0.247. The van der Waals surface area contributed by atoms with Crippen LogP contribution >= 0.6 is 0 Å². The first-order chi connectivity index (χ1) is 12.6. The summed E-state index contributed by atoms with van der Waals surface area (Å²) in [6, 6.07) is 0. The molecule has 0 spiro atoms. The molecule has 146 valence electrons. The first kappa shape index (κ1) is 19.2. The maximum absolute atomic E-state index is 12.4. The van der Waals surface area contributed by atoms with Gasteiger partial charge < -0.3 is 18.9 Å². The molecule has 1 unspecified atom stereocenters. The highest BCUT2D eigenvalue weighted by atomic mass is 16.7. The number of carbonyl (C=O) groups excluding carboxylic acids is 3. The van der Waals surface area contributed by atoms with Crippen molar-refractivity contribution in [2.24, 2.45) is 11.3 Å². The highest BCUT2D eigenvalue weighted by Crippen LogP contribution is 2.50. The molecule has 1 aliphatic carbocycles. The van der Waals surface area contributed by atoms with Crippen molar-refractivity contribution in [3.05, 3.63) is 34.6 Å². The molecular weight excluding hydrogens is 352 g/mol. The zero-order valence-corrected chi connectivity index (χ0v) is 16.2. The number of rotatable bonds is 4. The SMILES string of the molecule is COC(=O)/C(=C/OC1C=C(C)C(=O)O1)[C@H]1CC(C)=C2[C@@H]1OC(=O)CC2(C)C. The number of ether oxygens (including phenoxy) is 4. The largest absolute Gasteiger partial charge is 0.466 e. The van der Waals surface area contributed by atoms with Gasteiger partial charge in [-0.1, -0.05) is 19.4 Å². The van der Waals surface area contributed by atoms with Crippen molar-refractivity contribution < 1.29 is 33.3 Å². The van der Waals surface area contributed by atoms with Gasteiger partial charge in [0.15, 0.2) is 0 Å². The van der Waals surface area contributed by atoms with Crippen LogP contribution in [0.15, 0.2) is 34.6 Å². The van der Waals surface area contributed by atoms with Crippen LogP contribution in [0.2, 0.25) is 0 Å². The minimum Gasteiger partial charge on any atom is -0.466 e. The highest BCUT2D eigenvalue weighted by Gasteiger charge is 2.49. The molecule has 0 bridgehead atoms. The number of cyclic esters (lactones) is 1. The smallest absolute Gasteiger partial charge is 0.337 e. The fourth-order valence-electron chi connectivity index (χ4n) is 4.12. The second kappa shape index (κ2) is 6.87. The number of allylic oxidation sites excluding steroid dienone is 1. The predicted octanol–water partition coefficient (Wildman–Crippen LogP) is 2.57. The molecule has 7 heteroatoms. The first-order valence-corrected chi connectivity index (χ1v) is 8.87. The molecule has 1 fully saturated rings. The third-order valence-corrected chi connectivity index (χ3v) is 5.29. The third-order valence-electron chi connectivity index (χ3n) is 5.29. The van der Waals surface area contributed by atoms with Gasteiger partial charge in [-0.25, -0.2) is 9.59 Å². The van der Waals surface area contributed by atoms with Crippen LogP contribution in [0.1, 0.15) is 40.5 Å². The van der Waals surface area contributed by atoms with Crippen molar-refractivity contribution in [1.82, 2.24) is 0 Å². The molecule has 7 nitrogen and oxygen atoms in total. The van der Waals surface area contributed by atoms with Crippen LogP contribution in [0.5, 0.6) is 0 Å². The Morgan fingerprint density at radius 1 is 1.26 bits per heavy atom. The fraction of sp³-hybridized carbons (Fsp3) is 0.550. The number of methoxy groups -OCH3 is 1. The summed E-state index contributed by atoms with van der Waals surface area (Å²) in [5, 5.41) is 0. The monoisotopic (exact) mass is 376 g/mol. The van der Waals surface area contributed by atoms with E-state index in [4.69, 9.17) is 18.9 Å². The molecule has 2 heterocycles. The molecule has 0 aromatic carbocycles. The minimum atomic E-state index is -0.891. The fourth-order valence-corrected chi connectivity index (χ4v) is 4.12. The summed E-state index contributed by atoms with van der Waals surface area (Å²) in [6.45, 7) is 7.62. The Balaban J connectivity index is 1.88. The Labute approximate surface area is 158 Å². The van der Waals surface area contributed by atoms with Gasteiger partial charge in [-0.2, -0.15) is 0 Å². The quantitative estimate of drug-likeness (QED) is 0.245. The van der Waals surface area contributed by atoms with Gasteiger partial charge in [0.1, 0.15) is 6.10 Å². The summed E-state index contributed by atoms with van der Waals surface area (Å²) >= 11 is 0. The van der Waals surface area contributed by atoms with Gasteiger partial charge in [-0.3, -0.25) is 4.79 Å². The summed E-state index contributed by atoms with van der Waals surface area (Å²) < 4.78 is 21.0. The van der Waals surface area contributed by atoms with Crippen LogP contribution in [0.25, 0.3) is 0 Å². The van der Waals surface area contributed by atoms with Crippen LogP contribution in [0.4, 0.5) is 0 Å². The van der Waals surface area contributed by atoms with Crippen molar-refractivity contribution >= 4 is 17.9 Å². The molecule has 0 radical (unpaired) electrons. The summed E-state index contributed by atoms with van der Waals surface area (Å²) in [6.07, 6.45) is 2.23. The van der Waals surface area contributed by atoms with Crippen LogP contribution < -0.4 is 0 Å². The van der Waals surface area contributed by atoms with E-state index in [-0.39, 0.29) is 17.0 Å². The Morgan fingerprint density at radius 2 is 1.96 bits per heavy atom. The Bertz CT molecular complexity index is 784. The van der Waals surface area contributed by atoms with Crippen LogP contribution in [0, 0.1) is 11.3 Å². The molecule has 3 rings (SSSR count). The number of fused-ring (bicyclic) bond motifs is 1. The summed E-state index contributed by atoms with van der Waals surface area (Å²) in [5.74, 6) is -1.73. The maximum atomic E-state index is 12.4. The average Bonchev–Trinajstić information content (AvgIpc) is 3.06. The lowest BCUT2D eigenvalue weighted by Gasteiger charge is -2.38. The lowest BCUT2D eigenvalue weighted by Crippen LogP contribution is -2.40. The summed E-state index contributed by atoms with van der Waals surface area (Å²) in [7, 11) is 1.28. The molecule has 0 saturated carbocycles. The number of hydrogen-bond donors (Lipinski definition) is 0. The van der Waals surface area contributed by atoms with Crippen LogP contribution in [-0.4, -0.2) is 37.4 Å². The Kier molecular flexibility index (Phi) is 4.88. The average molecular weight is 376 g/mol. The van der Waals surface area contributed by atoms with Crippen molar-refractivity contribution in [2.75, 3.05) is 7.11 Å². The second-order valence-electron chi connectivity index (χ2n) is 7.80. The normalized spacial score (nSPS) is 29.7. The van der Waals surface area contributed by atoms with E-state index in [2.05, 4.69) is 0 Å². The van der Waals surface area contributed by atoms with E-state index in [1.54, 1.807) is 6.92 Å². The van der Waals surface area contributed by atoms with Crippen LogP contribution in [-0.2, 0) is 33.3 Å².